The Kier molecular flexibility index (Phi) is 5.62. The molecule has 1 aromatic rings. The van der Waals surface area contributed by atoms with Crippen molar-refractivity contribution in [2.45, 2.75) is 30.2 Å². The van der Waals surface area contributed by atoms with Gasteiger partial charge < -0.3 is 5.32 Å². The molecule has 0 spiro atoms. The maximum absolute atomic E-state index is 13.3. The van der Waals surface area contributed by atoms with E-state index in [1.54, 1.807) is 0 Å². The van der Waals surface area contributed by atoms with Crippen molar-refractivity contribution < 1.29 is 17.6 Å². The molecule has 2 aliphatic rings. The topological polar surface area (TPSA) is 69.7 Å². The van der Waals surface area contributed by atoms with Gasteiger partial charge >= 0.3 is 0 Å². The predicted octanol–water partition coefficient (Wildman–Crippen LogP) is 1.45. The van der Waals surface area contributed by atoms with E-state index in [0.717, 1.165) is 31.4 Å². The first-order valence-corrected chi connectivity index (χ1v) is 10.2. The Bertz CT molecular complexity index is 751. The number of rotatable bonds is 3. The van der Waals surface area contributed by atoms with Crippen LogP contribution in [0, 0.1) is 5.82 Å². The fraction of sp³-hybridized carbons (Fsp3) is 0.562. The van der Waals surface area contributed by atoms with E-state index in [-0.39, 0.29) is 21.9 Å². The molecule has 1 aromatic carbocycles. The van der Waals surface area contributed by atoms with E-state index in [2.05, 4.69) is 5.32 Å². The fourth-order valence-corrected chi connectivity index (χ4v) is 5.01. The zero-order valence-corrected chi connectivity index (χ0v) is 15.3. The fourth-order valence-electron chi connectivity index (χ4n) is 3.31. The highest BCUT2D eigenvalue weighted by molar-refractivity contribution is 7.89. The Morgan fingerprint density at radius 2 is 1.88 bits per heavy atom. The highest BCUT2D eigenvalue weighted by atomic mass is 35.5. The highest BCUT2D eigenvalue weighted by Gasteiger charge is 2.34. The van der Waals surface area contributed by atoms with Crippen molar-refractivity contribution in [1.82, 2.24) is 14.5 Å². The van der Waals surface area contributed by atoms with Crippen molar-refractivity contribution in [2.75, 3.05) is 32.7 Å². The first-order chi connectivity index (χ1) is 11.9. The van der Waals surface area contributed by atoms with Crippen LogP contribution in [0.4, 0.5) is 4.39 Å². The number of hydrogen-bond donors (Lipinski definition) is 1. The lowest BCUT2D eigenvalue weighted by Crippen LogP contribution is -2.55. The highest BCUT2D eigenvalue weighted by Crippen LogP contribution is 2.24. The van der Waals surface area contributed by atoms with Crippen LogP contribution in [0.15, 0.2) is 23.1 Å². The normalized spacial score (nSPS) is 23.9. The molecule has 1 N–H and O–H groups in total. The van der Waals surface area contributed by atoms with Gasteiger partial charge in [0.05, 0.1) is 16.0 Å². The molecular formula is C16H21ClFN3O3S. The quantitative estimate of drug-likeness (QED) is 0.849. The van der Waals surface area contributed by atoms with Crippen LogP contribution in [0.5, 0.6) is 0 Å². The van der Waals surface area contributed by atoms with Gasteiger partial charge in [-0.25, -0.2) is 12.8 Å². The molecule has 0 bridgehead atoms. The van der Waals surface area contributed by atoms with Gasteiger partial charge in [-0.15, -0.1) is 0 Å². The number of nitrogens with one attached hydrogen (secondary N) is 1. The molecule has 0 unspecified atom stereocenters. The Labute approximate surface area is 152 Å². The first kappa shape index (κ1) is 18.6. The predicted molar refractivity (Wildman–Crippen MR) is 92.4 cm³/mol. The average molecular weight is 390 g/mol. The molecule has 25 heavy (non-hydrogen) atoms. The number of halogens is 2. The number of sulfonamides is 1. The zero-order valence-electron chi connectivity index (χ0n) is 13.7. The molecule has 9 heteroatoms. The Morgan fingerprint density at radius 1 is 1.16 bits per heavy atom. The largest absolute Gasteiger partial charge is 0.355 e. The van der Waals surface area contributed by atoms with Crippen LogP contribution in [0.3, 0.4) is 0 Å². The zero-order chi connectivity index (χ0) is 18.0. The molecule has 2 fully saturated rings. The van der Waals surface area contributed by atoms with E-state index in [0.29, 0.717) is 32.7 Å². The molecular weight excluding hydrogens is 369 g/mol. The third-order valence-electron chi connectivity index (χ3n) is 4.75. The standard InChI is InChI=1S/C16H21ClFN3O3S/c17-13-11-12(4-5-14(13)18)25(23,24)21-9-7-20(8-10-21)15-3-1-2-6-19-16(15)22/h4-5,11,15H,1-3,6-10H2,(H,19,22)/t15-/m1/s1. The molecule has 2 heterocycles. The van der Waals surface area contributed by atoms with Gasteiger partial charge in [0.15, 0.2) is 0 Å². The number of nitrogens with zero attached hydrogens (tertiary/aromatic N) is 2. The lowest BCUT2D eigenvalue weighted by molar-refractivity contribution is -0.126. The van der Waals surface area contributed by atoms with Crippen LogP contribution in [0.1, 0.15) is 19.3 Å². The molecule has 2 saturated heterocycles. The minimum Gasteiger partial charge on any atom is -0.355 e. The van der Waals surface area contributed by atoms with Crippen molar-refractivity contribution in [1.29, 1.82) is 0 Å². The molecule has 1 amide bonds. The minimum absolute atomic E-state index is 0.0143. The number of carbonyl (C=O) groups is 1. The van der Waals surface area contributed by atoms with Crippen molar-refractivity contribution in [3.63, 3.8) is 0 Å². The summed E-state index contributed by atoms with van der Waals surface area (Å²) in [5.74, 6) is -0.621. The van der Waals surface area contributed by atoms with Crippen LogP contribution in [0.2, 0.25) is 5.02 Å². The molecule has 0 aromatic heterocycles. The van der Waals surface area contributed by atoms with Crippen LogP contribution in [-0.2, 0) is 14.8 Å². The summed E-state index contributed by atoms with van der Waals surface area (Å²) in [6.07, 6.45) is 2.75. The van der Waals surface area contributed by atoms with Crippen molar-refractivity contribution in [2.24, 2.45) is 0 Å². The van der Waals surface area contributed by atoms with E-state index in [9.17, 15) is 17.6 Å². The van der Waals surface area contributed by atoms with E-state index in [4.69, 9.17) is 11.6 Å². The summed E-state index contributed by atoms with van der Waals surface area (Å²) in [5.41, 5.74) is 0. The van der Waals surface area contributed by atoms with E-state index in [1.807, 2.05) is 4.90 Å². The smallest absolute Gasteiger partial charge is 0.243 e. The van der Waals surface area contributed by atoms with Gasteiger partial charge in [0, 0.05) is 32.7 Å². The molecule has 0 aliphatic carbocycles. The van der Waals surface area contributed by atoms with Crippen LogP contribution in [0.25, 0.3) is 0 Å². The maximum Gasteiger partial charge on any atom is 0.243 e. The van der Waals surface area contributed by atoms with Crippen LogP contribution in [-0.4, -0.2) is 62.3 Å². The lowest BCUT2D eigenvalue weighted by atomic mass is 10.1. The summed E-state index contributed by atoms with van der Waals surface area (Å²) in [6.45, 7) is 2.27. The number of amides is 1. The van der Waals surface area contributed by atoms with Gasteiger partial charge in [0.25, 0.3) is 0 Å². The summed E-state index contributed by atoms with van der Waals surface area (Å²) in [7, 11) is -3.72. The third kappa shape index (κ3) is 3.97. The molecule has 138 valence electrons. The SMILES string of the molecule is O=C1NCCCC[C@H]1N1CCN(S(=O)(=O)c2ccc(F)c(Cl)c2)CC1. The van der Waals surface area contributed by atoms with Crippen LogP contribution < -0.4 is 5.32 Å². The summed E-state index contributed by atoms with van der Waals surface area (Å²) in [4.78, 5) is 14.2. The van der Waals surface area contributed by atoms with Crippen molar-refractivity contribution in [3.8, 4) is 0 Å². The second kappa shape index (κ2) is 7.57. The molecule has 1 atom stereocenters. The summed E-state index contributed by atoms with van der Waals surface area (Å²) >= 11 is 5.70. The second-order valence-electron chi connectivity index (χ2n) is 6.32. The Hall–Kier alpha value is -1.22. The number of hydrogen-bond acceptors (Lipinski definition) is 4. The number of benzene rings is 1. The summed E-state index contributed by atoms with van der Waals surface area (Å²) in [6, 6.07) is 3.23. The minimum atomic E-state index is -3.72. The van der Waals surface area contributed by atoms with E-state index >= 15 is 0 Å². The second-order valence-corrected chi connectivity index (χ2v) is 8.66. The number of piperazine rings is 1. The van der Waals surface area contributed by atoms with E-state index in [1.165, 1.54) is 10.4 Å². The van der Waals surface area contributed by atoms with Gasteiger partial charge in [0.2, 0.25) is 15.9 Å². The maximum atomic E-state index is 13.3. The molecule has 6 nitrogen and oxygen atoms in total. The Morgan fingerprint density at radius 3 is 2.56 bits per heavy atom. The lowest BCUT2D eigenvalue weighted by Gasteiger charge is -2.37. The first-order valence-electron chi connectivity index (χ1n) is 8.36. The summed E-state index contributed by atoms with van der Waals surface area (Å²) < 4.78 is 40.0. The monoisotopic (exact) mass is 389 g/mol. The van der Waals surface area contributed by atoms with Gasteiger partial charge in [-0.1, -0.05) is 11.6 Å². The summed E-state index contributed by atoms with van der Waals surface area (Å²) in [5, 5.41) is 2.69. The Balaban J connectivity index is 1.68. The van der Waals surface area contributed by atoms with Crippen molar-refractivity contribution >= 4 is 27.5 Å². The van der Waals surface area contributed by atoms with Gasteiger partial charge in [-0.05, 0) is 37.5 Å². The van der Waals surface area contributed by atoms with E-state index < -0.39 is 15.8 Å². The molecule has 2 aliphatic heterocycles. The van der Waals surface area contributed by atoms with Gasteiger partial charge in [-0.3, -0.25) is 9.69 Å². The average Bonchev–Trinajstić information content (AvgIpc) is 2.82. The molecule has 3 rings (SSSR count). The molecule has 0 saturated carbocycles. The van der Waals surface area contributed by atoms with Gasteiger partial charge in [-0.2, -0.15) is 4.31 Å². The number of carbonyl (C=O) groups excluding carboxylic acids is 1. The van der Waals surface area contributed by atoms with Crippen LogP contribution >= 0.6 is 11.6 Å². The third-order valence-corrected chi connectivity index (χ3v) is 6.93. The molecule has 0 radical (unpaired) electrons. The van der Waals surface area contributed by atoms with Crippen molar-refractivity contribution in [3.05, 3.63) is 29.0 Å². The van der Waals surface area contributed by atoms with Gasteiger partial charge in [0.1, 0.15) is 5.82 Å².